The van der Waals surface area contributed by atoms with E-state index in [1.807, 2.05) is 22.7 Å². The van der Waals surface area contributed by atoms with Crippen molar-refractivity contribution in [3.8, 4) is 0 Å². The molecule has 2 aromatic rings. The lowest BCUT2D eigenvalue weighted by Crippen LogP contribution is -2.38. The lowest BCUT2D eigenvalue weighted by Gasteiger charge is -2.33. The Morgan fingerprint density at radius 3 is 3.05 bits per heavy atom. The molecule has 0 aromatic carbocycles. The van der Waals surface area contributed by atoms with E-state index >= 15 is 0 Å². The molecule has 0 radical (unpaired) electrons. The molecule has 2 unspecified atom stereocenters. The predicted molar refractivity (Wildman–Crippen MR) is 88.7 cm³/mol. The minimum Gasteiger partial charge on any atom is -0.308 e. The lowest BCUT2D eigenvalue weighted by molar-refractivity contribution is 0.199. The van der Waals surface area contributed by atoms with Gasteiger partial charge in [0.15, 0.2) is 0 Å². The highest BCUT2D eigenvalue weighted by molar-refractivity contribution is 7.10. The summed E-state index contributed by atoms with van der Waals surface area (Å²) in [4.78, 5) is 5.62. The van der Waals surface area contributed by atoms with Crippen LogP contribution in [0.15, 0.2) is 29.0 Å². The second kappa shape index (κ2) is 6.39. The van der Waals surface area contributed by atoms with E-state index in [4.69, 9.17) is 0 Å². The number of nitrogens with zero attached hydrogens (tertiary/aromatic N) is 1. The summed E-state index contributed by atoms with van der Waals surface area (Å²) in [5, 5.41) is 8.03. The second-order valence-electron chi connectivity index (χ2n) is 5.45. The standard InChI is InChI=1S/C16H22N2S2/c1-12(15-4-3-10-19-15)17-7-9-18-8-5-16-14(13(18)2)6-11-20-16/h3-4,6,10-13,17H,5,7-9H2,1-2H3. The van der Waals surface area contributed by atoms with E-state index in [-0.39, 0.29) is 0 Å². The van der Waals surface area contributed by atoms with E-state index in [2.05, 4.69) is 53.0 Å². The van der Waals surface area contributed by atoms with Gasteiger partial charge in [-0.3, -0.25) is 4.90 Å². The molecule has 20 heavy (non-hydrogen) atoms. The van der Waals surface area contributed by atoms with Gasteiger partial charge in [-0.2, -0.15) is 0 Å². The zero-order valence-electron chi connectivity index (χ0n) is 12.1. The molecular formula is C16H22N2S2. The van der Waals surface area contributed by atoms with Crippen LogP contribution in [0.25, 0.3) is 0 Å². The third-order valence-electron chi connectivity index (χ3n) is 4.22. The quantitative estimate of drug-likeness (QED) is 0.895. The molecule has 2 aromatic heterocycles. The first-order valence-electron chi connectivity index (χ1n) is 7.33. The molecule has 0 saturated heterocycles. The molecule has 0 bridgehead atoms. The Bertz CT molecular complexity index is 532. The Hall–Kier alpha value is -0.680. The summed E-state index contributed by atoms with van der Waals surface area (Å²) in [6.45, 7) is 7.98. The Labute approximate surface area is 129 Å². The van der Waals surface area contributed by atoms with E-state index < -0.39 is 0 Å². The van der Waals surface area contributed by atoms with Crippen LogP contribution in [0.3, 0.4) is 0 Å². The van der Waals surface area contributed by atoms with Crippen LogP contribution in [0, 0.1) is 0 Å². The van der Waals surface area contributed by atoms with Crippen molar-refractivity contribution in [1.29, 1.82) is 0 Å². The van der Waals surface area contributed by atoms with E-state index in [0.717, 1.165) is 13.1 Å². The summed E-state index contributed by atoms with van der Waals surface area (Å²) >= 11 is 3.75. The smallest absolute Gasteiger partial charge is 0.0386 e. The average Bonchev–Trinajstić information content (AvgIpc) is 3.11. The Balaban J connectivity index is 1.50. The highest BCUT2D eigenvalue weighted by Gasteiger charge is 2.24. The maximum absolute atomic E-state index is 3.64. The van der Waals surface area contributed by atoms with Crippen molar-refractivity contribution in [2.45, 2.75) is 32.4 Å². The molecule has 0 amide bonds. The molecular weight excluding hydrogens is 284 g/mol. The number of hydrogen-bond acceptors (Lipinski definition) is 4. The number of thiophene rings is 2. The second-order valence-corrected chi connectivity index (χ2v) is 7.43. The summed E-state index contributed by atoms with van der Waals surface area (Å²) in [6, 6.07) is 7.68. The minimum absolute atomic E-state index is 0.465. The Morgan fingerprint density at radius 2 is 2.25 bits per heavy atom. The van der Waals surface area contributed by atoms with Crippen molar-refractivity contribution < 1.29 is 0 Å². The highest BCUT2D eigenvalue weighted by Crippen LogP contribution is 2.32. The summed E-state index contributed by atoms with van der Waals surface area (Å²) < 4.78 is 0. The largest absolute Gasteiger partial charge is 0.308 e. The molecule has 2 nitrogen and oxygen atoms in total. The van der Waals surface area contributed by atoms with Crippen LogP contribution in [0.1, 0.15) is 41.2 Å². The zero-order valence-corrected chi connectivity index (χ0v) is 13.8. The summed E-state index contributed by atoms with van der Waals surface area (Å²) in [5.41, 5.74) is 1.55. The maximum atomic E-state index is 3.64. The monoisotopic (exact) mass is 306 g/mol. The zero-order chi connectivity index (χ0) is 13.9. The first-order chi connectivity index (χ1) is 9.75. The van der Waals surface area contributed by atoms with Crippen molar-refractivity contribution in [1.82, 2.24) is 10.2 Å². The Kier molecular flexibility index (Phi) is 4.56. The fraction of sp³-hybridized carbons (Fsp3) is 0.500. The van der Waals surface area contributed by atoms with Gasteiger partial charge >= 0.3 is 0 Å². The topological polar surface area (TPSA) is 15.3 Å². The summed E-state index contributed by atoms with van der Waals surface area (Å²) in [6.07, 6.45) is 1.22. The third kappa shape index (κ3) is 2.98. The van der Waals surface area contributed by atoms with Gasteiger partial charge in [0, 0.05) is 41.5 Å². The predicted octanol–water partition coefficient (Wildman–Crippen LogP) is 4.08. The fourth-order valence-electron chi connectivity index (χ4n) is 2.93. The molecule has 0 saturated carbocycles. The number of hydrogen-bond donors (Lipinski definition) is 1. The van der Waals surface area contributed by atoms with Crippen LogP contribution >= 0.6 is 22.7 Å². The SMILES string of the molecule is CC(NCCN1CCc2sccc2C1C)c1cccs1. The van der Waals surface area contributed by atoms with Crippen LogP contribution in [0.4, 0.5) is 0 Å². The molecule has 0 aliphatic carbocycles. The minimum atomic E-state index is 0.465. The summed E-state index contributed by atoms with van der Waals surface area (Å²) in [7, 11) is 0. The van der Waals surface area contributed by atoms with Crippen LogP contribution < -0.4 is 5.32 Å². The normalized spacial score (nSPS) is 20.8. The molecule has 0 fully saturated rings. The number of rotatable bonds is 5. The first kappa shape index (κ1) is 14.3. The summed E-state index contributed by atoms with van der Waals surface area (Å²) in [5.74, 6) is 0. The van der Waals surface area contributed by atoms with Gasteiger partial charge in [0.2, 0.25) is 0 Å². The van der Waals surface area contributed by atoms with Gasteiger partial charge in [-0.1, -0.05) is 6.07 Å². The average molecular weight is 306 g/mol. The van der Waals surface area contributed by atoms with Crippen molar-refractivity contribution in [3.05, 3.63) is 44.3 Å². The van der Waals surface area contributed by atoms with Crippen LogP contribution in [-0.4, -0.2) is 24.5 Å². The molecule has 1 N–H and O–H groups in total. The molecule has 0 spiro atoms. The third-order valence-corrected chi connectivity index (χ3v) is 6.27. The van der Waals surface area contributed by atoms with Gasteiger partial charge in [0.05, 0.1) is 0 Å². The lowest BCUT2D eigenvalue weighted by atomic mass is 10.0. The fourth-order valence-corrected chi connectivity index (χ4v) is 4.65. The van der Waals surface area contributed by atoms with E-state index in [1.165, 1.54) is 17.8 Å². The molecule has 2 atom stereocenters. The van der Waals surface area contributed by atoms with Crippen LogP contribution in [0.5, 0.6) is 0 Å². The number of fused-ring (bicyclic) bond motifs is 1. The molecule has 1 aliphatic heterocycles. The van der Waals surface area contributed by atoms with E-state index in [1.54, 1.807) is 10.4 Å². The van der Waals surface area contributed by atoms with Crippen LogP contribution in [-0.2, 0) is 6.42 Å². The van der Waals surface area contributed by atoms with Crippen LogP contribution in [0.2, 0.25) is 0 Å². The molecule has 4 heteroatoms. The molecule has 3 heterocycles. The van der Waals surface area contributed by atoms with Gasteiger partial charge in [0.1, 0.15) is 0 Å². The Morgan fingerprint density at radius 1 is 1.35 bits per heavy atom. The molecule has 108 valence electrons. The van der Waals surface area contributed by atoms with E-state index in [0.29, 0.717) is 12.1 Å². The first-order valence-corrected chi connectivity index (χ1v) is 9.08. The van der Waals surface area contributed by atoms with Gasteiger partial charge in [-0.25, -0.2) is 0 Å². The van der Waals surface area contributed by atoms with Gasteiger partial charge in [0.25, 0.3) is 0 Å². The van der Waals surface area contributed by atoms with Crippen molar-refractivity contribution in [2.75, 3.05) is 19.6 Å². The van der Waals surface area contributed by atoms with Gasteiger partial charge in [-0.05, 0) is 48.7 Å². The highest BCUT2D eigenvalue weighted by atomic mass is 32.1. The van der Waals surface area contributed by atoms with Crippen molar-refractivity contribution >= 4 is 22.7 Å². The number of nitrogens with one attached hydrogen (secondary N) is 1. The maximum Gasteiger partial charge on any atom is 0.0386 e. The van der Waals surface area contributed by atoms with Crippen molar-refractivity contribution in [2.24, 2.45) is 0 Å². The molecule has 3 rings (SSSR count). The van der Waals surface area contributed by atoms with E-state index in [9.17, 15) is 0 Å². The van der Waals surface area contributed by atoms with Gasteiger partial charge < -0.3 is 5.32 Å². The van der Waals surface area contributed by atoms with Crippen molar-refractivity contribution in [3.63, 3.8) is 0 Å². The molecule has 1 aliphatic rings. The van der Waals surface area contributed by atoms with Gasteiger partial charge in [-0.15, -0.1) is 22.7 Å².